The second kappa shape index (κ2) is 5.03. The largest absolute Gasteiger partial charge is 0.361 e. The number of hydrogen-bond donors (Lipinski definition) is 1. The summed E-state index contributed by atoms with van der Waals surface area (Å²) in [4.78, 5) is 9.38. The molecule has 0 aliphatic carbocycles. The summed E-state index contributed by atoms with van der Waals surface area (Å²) in [6, 6.07) is 2.95. The molecule has 5 heteroatoms. The van der Waals surface area contributed by atoms with E-state index in [4.69, 9.17) is 0 Å². The summed E-state index contributed by atoms with van der Waals surface area (Å²) in [5.41, 5.74) is 0. The number of rotatable bonds is 4. The molecular weight excluding hydrogens is 225 g/mol. The molecule has 84 valence electrons. The van der Waals surface area contributed by atoms with Gasteiger partial charge in [0.25, 0.3) is 0 Å². The molecule has 0 unspecified atom stereocenters. The lowest BCUT2D eigenvalue weighted by Crippen LogP contribution is -2.02. The molecule has 2 heterocycles. The Kier molecular flexibility index (Phi) is 3.46. The van der Waals surface area contributed by atoms with E-state index in [-0.39, 0.29) is 11.6 Å². The molecule has 2 rings (SSSR count). The van der Waals surface area contributed by atoms with Gasteiger partial charge in [-0.25, -0.2) is 14.4 Å². The van der Waals surface area contributed by atoms with Gasteiger partial charge in [-0.15, -0.1) is 11.3 Å². The normalized spacial score (nSPS) is 10.4. The second-order valence-electron chi connectivity index (χ2n) is 3.26. The van der Waals surface area contributed by atoms with Gasteiger partial charge in [-0.05, 0) is 18.6 Å². The lowest BCUT2D eigenvalue weighted by Gasteiger charge is -2.03. The molecule has 3 nitrogen and oxygen atoms in total. The van der Waals surface area contributed by atoms with E-state index in [2.05, 4.69) is 22.2 Å². The number of anilines is 1. The fraction of sp³-hybridized carbons (Fsp3) is 0.273. The minimum Gasteiger partial charge on any atom is -0.361 e. The van der Waals surface area contributed by atoms with Crippen molar-refractivity contribution in [1.29, 1.82) is 0 Å². The molecule has 0 spiro atoms. The molecule has 0 radical (unpaired) electrons. The Hall–Kier alpha value is -1.49. The second-order valence-corrected chi connectivity index (χ2v) is 4.46. The van der Waals surface area contributed by atoms with Crippen LogP contribution in [-0.2, 0) is 13.0 Å². The molecule has 16 heavy (non-hydrogen) atoms. The first-order chi connectivity index (χ1) is 7.79. The van der Waals surface area contributed by atoms with Gasteiger partial charge in [0.2, 0.25) is 0 Å². The molecule has 0 saturated carbocycles. The van der Waals surface area contributed by atoms with E-state index < -0.39 is 0 Å². The van der Waals surface area contributed by atoms with Gasteiger partial charge in [-0.1, -0.05) is 6.92 Å². The van der Waals surface area contributed by atoms with E-state index in [1.165, 1.54) is 10.9 Å². The fourth-order valence-electron chi connectivity index (χ4n) is 1.27. The molecular formula is C11H12FN3S. The minimum atomic E-state index is -0.338. The molecule has 2 aromatic heterocycles. The van der Waals surface area contributed by atoms with Crippen LogP contribution in [0, 0.1) is 5.82 Å². The zero-order valence-electron chi connectivity index (χ0n) is 8.90. The van der Waals surface area contributed by atoms with Crippen LogP contribution in [0.4, 0.5) is 10.2 Å². The van der Waals surface area contributed by atoms with Crippen molar-refractivity contribution in [3.8, 4) is 0 Å². The van der Waals surface area contributed by atoms with Crippen LogP contribution in [0.3, 0.4) is 0 Å². The van der Waals surface area contributed by atoms with Crippen molar-refractivity contribution in [2.45, 2.75) is 19.9 Å². The number of aromatic nitrogens is 2. The molecule has 0 saturated heterocycles. The highest BCUT2D eigenvalue weighted by Gasteiger charge is 2.04. The zero-order valence-corrected chi connectivity index (χ0v) is 9.72. The Morgan fingerprint density at radius 2 is 2.31 bits per heavy atom. The van der Waals surface area contributed by atoms with Gasteiger partial charge in [0.1, 0.15) is 5.01 Å². The first-order valence-electron chi connectivity index (χ1n) is 5.07. The summed E-state index contributed by atoms with van der Waals surface area (Å²) in [7, 11) is 0. The smallest absolute Gasteiger partial charge is 0.165 e. The summed E-state index contributed by atoms with van der Waals surface area (Å²) >= 11 is 1.63. The monoisotopic (exact) mass is 237 g/mol. The third-order valence-electron chi connectivity index (χ3n) is 2.12. The molecule has 0 amide bonds. The number of aryl methyl sites for hydroxylation is 1. The lowest BCUT2D eigenvalue weighted by atomic mass is 10.4. The van der Waals surface area contributed by atoms with Gasteiger partial charge in [0.15, 0.2) is 11.6 Å². The van der Waals surface area contributed by atoms with Crippen LogP contribution in [-0.4, -0.2) is 9.97 Å². The van der Waals surface area contributed by atoms with Crippen LogP contribution in [0.5, 0.6) is 0 Å². The first-order valence-corrected chi connectivity index (χ1v) is 5.89. The van der Waals surface area contributed by atoms with Crippen LogP contribution < -0.4 is 5.32 Å². The van der Waals surface area contributed by atoms with E-state index in [0.29, 0.717) is 6.54 Å². The Balaban J connectivity index is 1.99. The molecule has 2 aromatic rings. The fourth-order valence-corrected chi connectivity index (χ4v) is 2.07. The highest BCUT2D eigenvalue weighted by molar-refractivity contribution is 7.11. The highest BCUT2D eigenvalue weighted by atomic mass is 32.1. The predicted octanol–water partition coefficient (Wildman–Crippen LogP) is 2.85. The van der Waals surface area contributed by atoms with Crippen molar-refractivity contribution in [3.05, 3.63) is 40.2 Å². The quantitative estimate of drug-likeness (QED) is 0.888. The number of halogens is 1. The molecule has 0 atom stereocenters. The third-order valence-corrected chi connectivity index (χ3v) is 3.26. The van der Waals surface area contributed by atoms with Gasteiger partial charge < -0.3 is 5.32 Å². The van der Waals surface area contributed by atoms with Gasteiger partial charge in [0.05, 0.1) is 6.54 Å². The Bertz CT molecular complexity index is 470. The third kappa shape index (κ3) is 2.55. The number of nitrogens with zero attached hydrogens (tertiary/aromatic N) is 2. The summed E-state index contributed by atoms with van der Waals surface area (Å²) in [5.74, 6) is -0.0643. The Morgan fingerprint density at radius 1 is 1.44 bits per heavy atom. The van der Waals surface area contributed by atoms with Crippen molar-refractivity contribution >= 4 is 17.2 Å². The SMILES string of the molecule is CCc1cnc(CNc2ncccc2F)s1. The van der Waals surface area contributed by atoms with Crippen molar-refractivity contribution in [3.63, 3.8) is 0 Å². The van der Waals surface area contributed by atoms with E-state index in [1.807, 2.05) is 6.20 Å². The van der Waals surface area contributed by atoms with Gasteiger partial charge in [0, 0.05) is 17.3 Å². The topological polar surface area (TPSA) is 37.8 Å². The van der Waals surface area contributed by atoms with E-state index in [9.17, 15) is 4.39 Å². The van der Waals surface area contributed by atoms with Gasteiger partial charge in [-0.2, -0.15) is 0 Å². The van der Waals surface area contributed by atoms with Crippen molar-refractivity contribution < 1.29 is 4.39 Å². The van der Waals surface area contributed by atoms with Crippen LogP contribution >= 0.6 is 11.3 Å². The number of thiazole rings is 1. The highest BCUT2D eigenvalue weighted by Crippen LogP contribution is 2.15. The van der Waals surface area contributed by atoms with Gasteiger partial charge >= 0.3 is 0 Å². The van der Waals surface area contributed by atoms with Crippen LogP contribution in [0.15, 0.2) is 24.5 Å². The number of hydrogen-bond acceptors (Lipinski definition) is 4. The summed E-state index contributed by atoms with van der Waals surface area (Å²) in [5, 5.41) is 3.87. The summed E-state index contributed by atoms with van der Waals surface area (Å²) in [6.07, 6.45) is 4.40. The Morgan fingerprint density at radius 3 is 3.00 bits per heavy atom. The summed E-state index contributed by atoms with van der Waals surface area (Å²) < 4.78 is 13.2. The number of nitrogens with one attached hydrogen (secondary N) is 1. The molecule has 1 N–H and O–H groups in total. The Labute approximate surface area is 97.4 Å². The van der Waals surface area contributed by atoms with E-state index in [0.717, 1.165) is 11.4 Å². The van der Waals surface area contributed by atoms with Crippen molar-refractivity contribution in [2.24, 2.45) is 0 Å². The maximum atomic E-state index is 13.2. The van der Waals surface area contributed by atoms with Crippen molar-refractivity contribution in [1.82, 2.24) is 9.97 Å². The zero-order chi connectivity index (χ0) is 11.4. The maximum absolute atomic E-state index is 13.2. The lowest BCUT2D eigenvalue weighted by molar-refractivity contribution is 0.624. The molecule has 0 fully saturated rings. The first kappa shape index (κ1) is 11.0. The maximum Gasteiger partial charge on any atom is 0.165 e. The van der Waals surface area contributed by atoms with Crippen LogP contribution in [0.1, 0.15) is 16.8 Å². The van der Waals surface area contributed by atoms with Gasteiger partial charge in [-0.3, -0.25) is 0 Å². The predicted molar refractivity (Wildman–Crippen MR) is 63.0 cm³/mol. The van der Waals surface area contributed by atoms with Crippen molar-refractivity contribution in [2.75, 3.05) is 5.32 Å². The average molecular weight is 237 g/mol. The molecule has 0 bridgehead atoms. The molecule has 0 aromatic carbocycles. The molecule has 0 aliphatic heterocycles. The van der Waals surface area contributed by atoms with E-state index >= 15 is 0 Å². The minimum absolute atomic E-state index is 0.274. The standard InChI is InChI=1S/C11H12FN3S/c1-2-8-6-14-10(16-8)7-15-11-9(12)4-3-5-13-11/h3-6H,2,7H2,1H3,(H,13,15). The van der Waals surface area contributed by atoms with Crippen LogP contribution in [0.2, 0.25) is 0 Å². The number of pyridine rings is 1. The van der Waals surface area contributed by atoms with Crippen LogP contribution in [0.25, 0.3) is 0 Å². The molecule has 0 aliphatic rings. The average Bonchev–Trinajstić information content (AvgIpc) is 2.76. The van der Waals surface area contributed by atoms with E-state index in [1.54, 1.807) is 23.6 Å². The summed E-state index contributed by atoms with van der Waals surface area (Å²) in [6.45, 7) is 2.60.